The smallest absolute Gasteiger partial charge is 0.243 e. The van der Waals surface area contributed by atoms with Crippen LogP contribution in [-0.4, -0.2) is 44.2 Å². The highest BCUT2D eigenvalue weighted by Crippen LogP contribution is 2.29. The summed E-state index contributed by atoms with van der Waals surface area (Å²) in [4.78, 5) is 24.7. The highest BCUT2D eigenvalue weighted by Gasteiger charge is 2.33. The molecule has 0 bridgehead atoms. The molecule has 4 rings (SSSR count). The molecule has 0 unspecified atom stereocenters. The molecule has 1 saturated heterocycles. The normalized spacial score (nSPS) is 19.3. The van der Waals surface area contributed by atoms with Gasteiger partial charge in [0.25, 0.3) is 0 Å². The van der Waals surface area contributed by atoms with Crippen molar-refractivity contribution in [1.29, 1.82) is 0 Å². The zero-order chi connectivity index (χ0) is 23.4. The van der Waals surface area contributed by atoms with Crippen LogP contribution in [0.5, 0.6) is 0 Å². The molecular weight excluding hydrogens is 438 g/mol. The Labute approximate surface area is 195 Å². The SMILES string of the molecule is Cc1ccc(CCNC(=O)[C@@H]2CCCN(S(=O)(=O)c3ccc4c(c3)CCCC(=O)N4)C2)cc1. The Morgan fingerprint density at radius 1 is 1.12 bits per heavy atom. The fourth-order valence-electron chi connectivity index (χ4n) is 4.46. The predicted molar refractivity (Wildman–Crippen MR) is 127 cm³/mol. The lowest BCUT2D eigenvalue weighted by atomic mass is 9.98. The summed E-state index contributed by atoms with van der Waals surface area (Å²) in [5.41, 5.74) is 3.88. The highest BCUT2D eigenvalue weighted by atomic mass is 32.2. The predicted octanol–water partition coefficient (Wildman–Crippen LogP) is 3.03. The minimum atomic E-state index is -3.71. The maximum absolute atomic E-state index is 13.3. The number of benzene rings is 2. The van der Waals surface area contributed by atoms with Crippen LogP contribution >= 0.6 is 0 Å². The molecule has 2 amide bonds. The van der Waals surface area contributed by atoms with Gasteiger partial charge in [0, 0.05) is 31.7 Å². The van der Waals surface area contributed by atoms with E-state index >= 15 is 0 Å². The molecule has 2 aliphatic heterocycles. The molecule has 0 saturated carbocycles. The van der Waals surface area contributed by atoms with Gasteiger partial charge in [-0.2, -0.15) is 4.31 Å². The Bertz CT molecular complexity index is 1130. The average Bonchev–Trinajstić information content (AvgIpc) is 3.00. The van der Waals surface area contributed by atoms with Crippen molar-refractivity contribution in [3.8, 4) is 0 Å². The van der Waals surface area contributed by atoms with Crippen LogP contribution in [0, 0.1) is 12.8 Å². The van der Waals surface area contributed by atoms with Gasteiger partial charge in [0.15, 0.2) is 0 Å². The maximum Gasteiger partial charge on any atom is 0.243 e. The van der Waals surface area contributed by atoms with Crippen LogP contribution in [-0.2, 0) is 32.5 Å². The quantitative estimate of drug-likeness (QED) is 0.680. The number of amides is 2. The zero-order valence-corrected chi connectivity index (χ0v) is 19.8. The number of nitrogens with zero attached hydrogens (tertiary/aromatic N) is 1. The van der Waals surface area contributed by atoms with Crippen molar-refractivity contribution in [3.63, 3.8) is 0 Å². The molecule has 33 heavy (non-hydrogen) atoms. The summed E-state index contributed by atoms with van der Waals surface area (Å²) in [5.74, 6) is -0.491. The Hall–Kier alpha value is -2.71. The van der Waals surface area contributed by atoms with E-state index < -0.39 is 10.0 Å². The molecule has 0 aliphatic carbocycles. The second kappa shape index (κ2) is 10.1. The molecule has 0 spiro atoms. The van der Waals surface area contributed by atoms with Gasteiger partial charge in [0.05, 0.1) is 10.8 Å². The molecule has 2 aromatic rings. The van der Waals surface area contributed by atoms with Crippen LogP contribution in [0.15, 0.2) is 47.4 Å². The van der Waals surface area contributed by atoms with Gasteiger partial charge in [0.1, 0.15) is 0 Å². The van der Waals surface area contributed by atoms with Gasteiger partial charge in [-0.15, -0.1) is 0 Å². The zero-order valence-electron chi connectivity index (χ0n) is 19.0. The number of aryl methyl sites for hydroxylation is 2. The first-order valence-electron chi connectivity index (χ1n) is 11.6. The lowest BCUT2D eigenvalue weighted by Gasteiger charge is -2.31. The van der Waals surface area contributed by atoms with E-state index in [2.05, 4.69) is 34.9 Å². The second-order valence-electron chi connectivity index (χ2n) is 8.95. The van der Waals surface area contributed by atoms with Crippen LogP contribution in [0.4, 0.5) is 5.69 Å². The molecule has 0 radical (unpaired) electrons. The van der Waals surface area contributed by atoms with Gasteiger partial charge in [-0.3, -0.25) is 9.59 Å². The first-order chi connectivity index (χ1) is 15.8. The summed E-state index contributed by atoms with van der Waals surface area (Å²) >= 11 is 0. The van der Waals surface area contributed by atoms with Crippen LogP contribution < -0.4 is 10.6 Å². The summed E-state index contributed by atoms with van der Waals surface area (Å²) < 4.78 is 28.1. The lowest BCUT2D eigenvalue weighted by Crippen LogP contribution is -2.45. The van der Waals surface area contributed by atoms with Crippen LogP contribution in [0.1, 0.15) is 42.4 Å². The third kappa shape index (κ3) is 5.62. The van der Waals surface area contributed by atoms with Gasteiger partial charge in [0.2, 0.25) is 21.8 Å². The molecule has 2 aliphatic rings. The average molecular weight is 470 g/mol. The molecular formula is C25H31N3O4S. The summed E-state index contributed by atoms with van der Waals surface area (Å²) in [7, 11) is -3.71. The Kier molecular flexibility index (Phi) is 7.14. The van der Waals surface area contributed by atoms with Crippen molar-refractivity contribution in [3.05, 3.63) is 59.2 Å². The van der Waals surface area contributed by atoms with Crippen molar-refractivity contribution in [2.75, 3.05) is 25.0 Å². The number of piperidine rings is 1. The first kappa shape index (κ1) is 23.4. The van der Waals surface area contributed by atoms with E-state index in [0.29, 0.717) is 50.9 Å². The highest BCUT2D eigenvalue weighted by molar-refractivity contribution is 7.89. The number of rotatable bonds is 6. The number of carbonyl (C=O) groups is 2. The molecule has 2 aromatic carbocycles. The number of hydrogen-bond donors (Lipinski definition) is 2. The van der Waals surface area contributed by atoms with Crippen molar-refractivity contribution in [1.82, 2.24) is 9.62 Å². The maximum atomic E-state index is 13.3. The molecule has 7 nitrogen and oxygen atoms in total. The molecule has 176 valence electrons. The van der Waals surface area contributed by atoms with E-state index in [4.69, 9.17) is 0 Å². The summed E-state index contributed by atoms with van der Waals surface area (Å²) in [6, 6.07) is 13.1. The topological polar surface area (TPSA) is 95.6 Å². The van der Waals surface area contributed by atoms with E-state index in [1.807, 2.05) is 6.92 Å². The summed E-state index contributed by atoms with van der Waals surface area (Å²) in [5, 5.41) is 5.81. The molecule has 8 heteroatoms. The third-order valence-electron chi connectivity index (χ3n) is 6.43. The van der Waals surface area contributed by atoms with Crippen molar-refractivity contribution >= 4 is 27.5 Å². The fourth-order valence-corrected chi connectivity index (χ4v) is 6.04. The van der Waals surface area contributed by atoms with Gasteiger partial charge < -0.3 is 10.6 Å². The monoisotopic (exact) mass is 469 g/mol. The summed E-state index contributed by atoms with van der Waals surface area (Å²) in [6.45, 7) is 3.16. The fraction of sp³-hybridized carbons (Fsp3) is 0.440. The molecule has 0 aromatic heterocycles. The van der Waals surface area contributed by atoms with E-state index in [0.717, 1.165) is 17.5 Å². The van der Waals surface area contributed by atoms with Crippen molar-refractivity contribution in [2.45, 2.75) is 50.3 Å². The largest absolute Gasteiger partial charge is 0.355 e. The number of anilines is 1. The standard InChI is InChI=1S/C25H31N3O4S/c1-18-7-9-19(10-8-18)13-14-26-25(30)21-5-3-15-28(17-21)33(31,32)22-11-12-23-20(16-22)4-2-6-24(29)27-23/h7-12,16,21H,2-6,13-15,17H2,1H3,(H,26,30)(H,27,29)/t21-/m1/s1. The summed E-state index contributed by atoms with van der Waals surface area (Å²) in [6.07, 6.45) is 3.85. The van der Waals surface area contributed by atoms with E-state index in [1.54, 1.807) is 18.2 Å². The first-order valence-corrected chi connectivity index (χ1v) is 13.0. The van der Waals surface area contributed by atoms with Crippen LogP contribution in [0.2, 0.25) is 0 Å². The number of nitrogens with one attached hydrogen (secondary N) is 2. The molecule has 1 fully saturated rings. The third-order valence-corrected chi connectivity index (χ3v) is 8.29. The van der Waals surface area contributed by atoms with E-state index in [-0.39, 0.29) is 29.2 Å². The lowest BCUT2D eigenvalue weighted by molar-refractivity contribution is -0.126. The number of carbonyl (C=O) groups excluding carboxylic acids is 2. The number of fused-ring (bicyclic) bond motifs is 1. The Balaban J connectivity index is 1.38. The van der Waals surface area contributed by atoms with Crippen molar-refractivity contribution < 1.29 is 18.0 Å². The van der Waals surface area contributed by atoms with Gasteiger partial charge >= 0.3 is 0 Å². The number of sulfonamides is 1. The number of hydrogen-bond acceptors (Lipinski definition) is 4. The van der Waals surface area contributed by atoms with Gasteiger partial charge in [-0.1, -0.05) is 29.8 Å². The minimum absolute atomic E-state index is 0.0448. The molecule has 1 atom stereocenters. The van der Waals surface area contributed by atoms with Gasteiger partial charge in [-0.05, 0) is 68.4 Å². The second-order valence-corrected chi connectivity index (χ2v) is 10.9. The van der Waals surface area contributed by atoms with E-state index in [9.17, 15) is 18.0 Å². The molecule has 2 heterocycles. The van der Waals surface area contributed by atoms with E-state index in [1.165, 1.54) is 9.87 Å². The van der Waals surface area contributed by atoms with Crippen LogP contribution in [0.25, 0.3) is 0 Å². The van der Waals surface area contributed by atoms with Crippen molar-refractivity contribution in [2.24, 2.45) is 5.92 Å². The van der Waals surface area contributed by atoms with Gasteiger partial charge in [-0.25, -0.2) is 8.42 Å². The minimum Gasteiger partial charge on any atom is -0.355 e. The van der Waals surface area contributed by atoms with Crippen LogP contribution in [0.3, 0.4) is 0 Å². The Morgan fingerprint density at radius 3 is 2.70 bits per heavy atom. The Morgan fingerprint density at radius 2 is 1.91 bits per heavy atom. The molecule has 2 N–H and O–H groups in total.